The molecule has 6 heteroatoms. The molecule has 124 valence electrons. The van der Waals surface area contributed by atoms with E-state index in [1.165, 1.54) is 0 Å². The molecule has 0 atom stereocenters. The highest BCUT2D eigenvalue weighted by Gasteiger charge is 2.16. The third-order valence-corrected chi connectivity index (χ3v) is 4.18. The number of fused-ring (bicyclic) bond motifs is 1. The highest BCUT2D eigenvalue weighted by atomic mass is 35.5. The average molecular weight is 344 g/mol. The normalized spacial score (nSPS) is 11.0. The fourth-order valence-electron chi connectivity index (χ4n) is 2.70. The first kappa shape index (κ1) is 16.5. The molecule has 24 heavy (non-hydrogen) atoms. The molecule has 5 nitrogen and oxygen atoms in total. The van der Waals surface area contributed by atoms with Crippen LogP contribution in [0.2, 0.25) is 5.02 Å². The molecule has 2 heterocycles. The third kappa shape index (κ3) is 3.12. The van der Waals surface area contributed by atoms with Gasteiger partial charge in [0, 0.05) is 33.6 Å². The second-order valence-corrected chi connectivity index (χ2v) is 5.99. The van der Waals surface area contributed by atoms with Crippen LogP contribution in [0.25, 0.3) is 16.9 Å². The Bertz CT molecular complexity index is 901. The van der Waals surface area contributed by atoms with Crippen molar-refractivity contribution in [1.29, 1.82) is 0 Å². The van der Waals surface area contributed by atoms with Gasteiger partial charge in [0.2, 0.25) is 0 Å². The molecular formula is C18H18ClN3O2. The van der Waals surface area contributed by atoms with Crippen molar-refractivity contribution < 1.29 is 9.53 Å². The molecule has 1 aromatic carbocycles. The Morgan fingerprint density at radius 1 is 1.25 bits per heavy atom. The average Bonchev–Trinajstić information content (AvgIpc) is 2.96. The Morgan fingerprint density at radius 2 is 1.96 bits per heavy atom. The van der Waals surface area contributed by atoms with Crippen molar-refractivity contribution in [2.24, 2.45) is 0 Å². The standard InChI is InChI=1S/C18H18ClN3O2/c1-4-24-18(23)9-15-11(2)20-17-10-16(21-22(17)12(15)3)13-5-7-14(19)8-6-13/h5-8,10H,4,9H2,1-3H3. The molecule has 0 saturated heterocycles. The number of carbonyl (C=O) groups is 1. The zero-order chi connectivity index (χ0) is 17.3. The zero-order valence-electron chi connectivity index (χ0n) is 13.8. The van der Waals surface area contributed by atoms with E-state index in [1.807, 2.05) is 44.2 Å². The van der Waals surface area contributed by atoms with Crippen molar-refractivity contribution in [3.05, 3.63) is 52.3 Å². The highest BCUT2D eigenvalue weighted by molar-refractivity contribution is 6.30. The third-order valence-electron chi connectivity index (χ3n) is 3.93. The maximum atomic E-state index is 11.8. The summed E-state index contributed by atoms with van der Waals surface area (Å²) in [5, 5.41) is 5.31. The minimum atomic E-state index is -0.255. The van der Waals surface area contributed by atoms with E-state index in [4.69, 9.17) is 16.3 Å². The largest absolute Gasteiger partial charge is 0.466 e. The van der Waals surface area contributed by atoms with Gasteiger partial charge in [-0.05, 0) is 32.9 Å². The Morgan fingerprint density at radius 3 is 2.62 bits per heavy atom. The number of carbonyl (C=O) groups excluding carboxylic acids is 1. The molecule has 0 N–H and O–H groups in total. The van der Waals surface area contributed by atoms with Crippen LogP contribution in [0.15, 0.2) is 30.3 Å². The van der Waals surface area contributed by atoms with Gasteiger partial charge >= 0.3 is 5.97 Å². The van der Waals surface area contributed by atoms with Crippen LogP contribution in [0.1, 0.15) is 23.9 Å². The Hall–Kier alpha value is -2.40. The molecule has 0 amide bonds. The summed E-state index contributed by atoms with van der Waals surface area (Å²) >= 11 is 5.94. The molecule has 0 fully saturated rings. The number of aromatic nitrogens is 3. The lowest BCUT2D eigenvalue weighted by molar-refractivity contribution is -0.142. The Balaban J connectivity index is 2.05. The van der Waals surface area contributed by atoms with Crippen molar-refractivity contribution in [3.63, 3.8) is 0 Å². The van der Waals surface area contributed by atoms with Crippen molar-refractivity contribution in [1.82, 2.24) is 14.6 Å². The topological polar surface area (TPSA) is 56.5 Å². The van der Waals surface area contributed by atoms with Crippen LogP contribution in [-0.4, -0.2) is 27.2 Å². The zero-order valence-corrected chi connectivity index (χ0v) is 14.6. The van der Waals surface area contributed by atoms with Gasteiger partial charge in [0.15, 0.2) is 5.65 Å². The number of hydrogen-bond acceptors (Lipinski definition) is 4. The molecule has 0 aliphatic carbocycles. The van der Waals surface area contributed by atoms with Crippen LogP contribution in [0, 0.1) is 13.8 Å². The Labute approximate surface area is 145 Å². The number of nitrogens with zero attached hydrogens (tertiary/aromatic N) is 3. The minimum Gasteiger partial charge on any atom is -0.466 e. The van der Waals surface area contributed by atoms with Gasteiger partial charge in [-0.3, -0.25) is 4.79 Å². The monoisotopic (exact) mass is 343 g/mol. The fraction of sp³-hybridized carbons (Fsp3) is 0.278. The lowest BCUT2D eigenvalue weighted by Gasteiger charge is -2.10. The molecule has 2 aromatic heterocycles. The lowest BCUT2D eigenvalue weighted by atomic mass is 10.1. The number of benzene rings is 1. The Kier molecular flexibility index (Phi) is 4.53. The van der Waals surface area contributed by atoms with Gasteiger partial charge in [0.05, 0.1) is 18.7 Å². The van der Waals surface area contributed by atoms with E-state index in [2.05, 4.69) is 10.1 Å². The van der Waals surface area contributed by atoms with Crippen LogP contribution in [0.5, 0.6) is 0 Å². The molecule has 0 radical (unpaired) electrons. The predicted molar refractivity (Wildman–Crippen MR) is 93.2 cm³/mol. The van der Waals surface area contributed by atoms with Gasteiger partial charge < -0.3 is 4.74 Å². The van der Waals surface area contributed by atoms with E-state index in [9.17, 15) is 4.79 Å². The number of aryl methyl sites for hydroxylation is 2. The van der Waals surface area contributed by atoms with Crippen LogP contribution < -0.4 is 0 Å². The summed E-state index contributed by atoms with van der Waals surface area (Å²) in [5.41, 5.74) is 5.10. The number of rotatable bonds is 4. The quantitative estimate of drug-likeness (QED) is 0.676. The number of hydrogen-bond donors (Lipinski definition) is 0. The summed E-state index contributed by atoms with van der Waals surface area (Å²) in [6, 6.07) is 9.44. The van der Waals surface area contributed by atoms with Crippen molar-refractivity contribution in [2.75, 3.05) is 6.61 Å². The highest BCUT2D eigenvalue weighted by Crippen LogP contribution is 2.23. The van der Waals surface area contributed by atoms with Crippen molar-refractivity contribution in [3.8, 4) is 11.3 Å². The second-order valence-electron chi connectivity index (χ2n) is 5.55. The number of halogens is 1. The van der Waals surface area contributed by atoms with Crippen LogP contribution in [0.4, 0.5) is 0 Å². The number of esters is 1. The van der Waals surface area contributed by atoms with Crippen molar-refractivity contribution >= 4 is 23.2 Å². The minimum absolute atomic E-state index is 0.199. The molecule has 3 rings (SSSR count). The maximum absolute atomic E-state index is 11.8. The molecule has 0 unspecified atom stereocenters. The van der Waals surface area contributed by atoms with Crippen LogP contribution in [-0.2, 0) is 16.0 Å². The van der Waals surface area contributed by atoms with E-state index >= 15 is 0 Å². The SMILES string of the molecule is CCOC(=O)Cc1c(C)nc2cc(-c3ccc(Cl)cc3)nn2c1C. The van der Waals surface area contributed by atoms with E-state index < -0.39 is 0 Å². The van der Waals surface area contributed by atoms with E-state index in [1.54, 1.807) is 11.4 Å². The maximum Gasteiger partial charge on any atom is 0.310 e. The molecular weight excluding hydrogens is 326 g/mol. The molecule has 3 aromatic rings. The van der Waals surface area contributed by atoms with Gasteiger partial charge in [-0.2, -0.15) is 5.10 Å². The second kappa shape index (κ2) is 6.61. The van der Waals surface area contributed by atoms with Gasteiger partial charge in [-0.1, -0.05) is 23.7 Å². The first-order valence-corrected chi connectivity index (χ1v) is 8.14. The molecule has 0 spiro atoms. The van der Waals surface area contributed by atoms with Gasteiger partial charge in [0.25, 0.3) is 0 Å². The first-order chi connectivity index (χ1) is 11.5. The van der Waals surface area contributed by atoms with Crippen LogP contribution in [0.3, 0.4) is 0 Å². The molecule has 0 aliphatic rings. The summed E-state index contributed by atoms with van der Waals surface area (Å²) in [5.74, 6) is -0.255. The molecule has 0 saturated carbocycles. The molecule has 0 aliphatic heterocycles. The lowest BCUT2D eigenvalue weighted by Crippen LogP contribution is -2.13. The number of ether oxygens (including phenoxy) is 1. The predicted octanol–water partition coefficient (Wildman–Crippen LogP) is 3.77. The van der Waals surface area contributed by atoms with Gasteiger partial charge in [0.1, 0.15) is 0 Å². The van der Waals surface area contributed by atoms with E-state index in [-0.39, 0.29) is 12.4 Å². The first-order valence-electron chi connectivity index (χ1n) is 7.77. The molecule has 0 bridgehead atoms. The summed E-state index contributed by atoms with van der Waals surface area (Å²) in [7, 11) is 0. The van der Waals surface area contributed by atoms with Crippen LogP contribution >= 0.6 is 11.6 Å². The summed E-state index contributed by atoms with van der Waals surface area (Å²) in [4.78, 5) is 16.4. The van der Waals surface area contributed by atoms with Gasteiger partial charge in [-0.15, -0.1) is 0 Å². The van der Waals surface area contributed by atoms with Crippen molar-refractivity contribution in [2.45, 2.75) is 27.2 Å². The summed E-state index contributed by atoms with van der Waals surface area (Å²) < 4.78 is 6.81. The van der Waals surface area contributed by atoms with E-state index in [0.29, 0.717) is 11.6 Å². The summed E-state index contributed by atoms with van der Waals surface area (Å²) in [6.45, 7) is 6.01. The fourth-order valence-corrected chi connectivity index (χ4v) is 2.83. The summed E-state index contributed by atoms with van der Waals surface area (Å²) in [6.07, 6.45) is 0.199. The van der Waals surface area contributed by atoms with E-state index in [0.717, 1.165) is 33.9 Å². The van der Waals surface area contributed by atoms with Gasteiger partial charge in [-0.25, -0.2) is 9.50 Å². The smallest absolute Gasteiger partial charge is 0.310 e.